The molecule has 0 aliphatic carbocycles. The zero-order chi connectivity index (χ0) is 16.6. The zero-order valence-corrected chi connectivity index (χ0v) is 13.7. The minimum absolute atomic E-state index is 0.193. The number of fused-ring (bicyclic) bond motifs is 1. The van der Waals surface area contributed by atoms with Gasteiger partial charge in [0, 0.05) is 31.2 Å². The van der Waals surface area contributed by atoms with Crippen molar-refractivity contribution in [1.82, 2.24) is 14.7 Å². The predicted molar refractivity (Wildman–Crippen MR) is 85.5 cm³/mol. The summed E-state index contributed by atoms with van der Waals surface area (Å²) in [4.78, 5) is 42.0. The molecule has 3 rings (SSSR count). The lowest BCUT2D eigenvalue weighted by Gasteiger charge is -2.34. The number of hydrogen-bond acceptors (Lipinski definition) is 4. The quantitative estimate of drug-likeness (QED) is 0.776. The van der Waals surface area contributed by atoms with Crippen molar-refractivity contribution in [1.29, 1.82) is 0 Å². The van der Waals surface area contributed by atoms with E-state index < -0.39 is 11.8 Å². The van der Waals surface area contributed by atoms with Gasteiger partial charge in [0.25, 0.3) is 11.8 Å². The third-order valence-electron chi connectivity index (χ3n) is 4.40. The van der Waals surface area contributed by atoms with Gasteiger partial charge in [0.15, 0.2) is 0 Å². The summed E-state index contributed by atoms with van der Waals surface area (Å²) in [5.74, 6) is -1.07. The highest BCUT2D eigenvalue weighted by molar-refractivity contribution is 6.32. The van der Waals surface area contributed by atoms with Crippen molar-refractivity contribution in [2.75, 3.05) is 39.3 Å². The molecule has 6 nitrogen and oxygen atoms in total. The van der Waals surface area contributed by atoms with Crippen LogP contribution in [0.5, 0.6) is 0 Å². The number of hydrogen-bond donors (Lipinski definition) is 0. The predicted octanol–water partition coefficient (Wildman–Crippen LogP) is 1.10. The Kier molecular flexibility index (Phi) is 4.37. The molecule has 0 unspecified atom stereocenters. The van der Waals surface area contributed by atoms with Crippen LogP contribution < -0.4 is 0 Å². The number of imide groups is 1. The molecule has 1 saturated heterocycles. The van der Waals surface area contributed by atoms with E-state index in [-0.39, 0.29) is 18.0 Å². The summed E-state index contributed by atoms with van der Waals surface area (Å²) < 4.78 is 0. The van der Waals surface area contributed by atoms with Gasteiger partial charge in [-0.25, -0.2) is 0 Å². The van der Waals surface area contributed by atoms with Crippen LogP contribution in [0.2, 0.25) is 5.02 Å². The first-order valence-corrected chi connectivity index (χ1v) is 8.05. The van der Waals surface area contributed by atoms with Gasteiger partial charge in [-0.1, -0.05) is 18.5 Å². The molecule has 2 aliphatic heterocycles. The van der Waals surface area contributed by atoms with Crippen LogP contribution >= 0.6 is 11.6 Å². The smallest absolute Gasteiger partial charge is 0.262 e. The Morgan fingerprint density at radius 2 is 1.74 bits per heavy atom. The molecule has 0 atom stereocenters. The zero-order valence-electron chi connectivity index (χ0n) is 12.9. The van der Waals surface area contributed by atoms with Crippen LogP contribution in [0.15, 0.2) is 18.2 Å². The fraction of sp³-hybridized carbons (Fsp3) is 0.438. The molecule has 0 radical (unpaired) electrons. The summed E-state index contributed by atoms with van der Waals surface area (Å²) >= 11 is 5.88. The average Bonchev–Trinajstić information content (AvgIpc) is 2.79. The fourth-order valence-corrected chi connectivity index (χ4v) is 3.13. The summed E-state index contributed by atoms with van der Waals surface area (Å²) in [5.41, 5.74) is 0.578. The van der Waals surface area contributed by atoms with Crippen LogP contribution in [-0.4, -0.2) is 71.7 Å². The van der Waals surface area contributed by atoms with Gasteiger partial charge in [-0.2, -0.15) is 0 Å². The van der Waals surface area contributed by atoms with Gasteiger partial charge in [-0.15, -0.1) is 0 Å². The lowest BCUT2D eigenvalue weighted by Crippen LogP contribution is -2.51. The minimum Gasteiger partial charge on any atom is -0.339 e. The van der Waals surface area contributed by atoms with Crippen molar-refractivity contribution in [3.63, 3.8) is 0 Å². The lowest BCUT2D eigenvalue weighted by atomic mass is 10.1. The maximum atomic E-state index is 12.4. The molecule has 7 heteroatoms. The minimum atomic E-state index is -0.451. The molecule has 0 aromatic heterocycles. The average molecular weight is 336 g/mol. The summed E-state index contributed by atoms with van der Waals surface area (Å²) in [6.07, 6.45) is 0. The number of nitrogens with zero attached hydrogens (tertiary/aromatic N) is 3. The third-order valence-corrected chi connectivity index (χ3v) is 4.63. The van der Waals surface area contributed by atoms with Crippen molar-refractivity contribution in [3.8, 4) is 0 Å². The van der Waals surface area contributed by atoms with Crippen molar-refractivity contribution in [2.45, 2.75) is 6.92 Å². The molecular formula is C16H18ClN3O3. The van der Waals surface area contributed by atoms with E-state index in [2.05, 4.69) is 11.8 Å². The van der Waals surface area contributed by atoms with E-state index in [1.165, 1.54) is 12.1 Å². The Hall–Kier alpha value is -1.92. The summed E-state index contributed by atoms with van der Waals surface area (Å²) in [7, 11) is 0. The molecule has 0 bridgehead atoms. The van der Waals surface area contributed by atoms with Gasteiger partial charge in [-0.3, -0.25) is 19.3 Å². The van der Waals surface area contributed by atoms with E-state index in [4.69, 9.17) is 11.6 Å². The van der Waals surface area contributed by atoms with Gasteiger partial charge >= 0.3 is 0 Å². The topological polar surface area (TPSA) is 60.9 Å². The van der Waals surface area contributed by atoms with Crippen molar-refractivity contribution < 1.29 is 14.4 Å². The molecular weight excluding hydrogens is 318 g/mol. The van der Waals surface area contributed by atoms with E-state index in [1.54, 1.807) is 11.0 Å². The van der Waals surface area contributed by atoms with Gasteiger partial charge in [-0.05, 0) is 24.7 Å². The molecule has 1 aromatic carbocycles. The number of carbonyl (C=O) groups is 3. The summed E-state index contributed by atoms with van der Waals surface area (Å²) in [5, 5.41) is 0.397. The summed E-state index contributed by atoms with van der Waals surface area (Å²) in [6.45, 7) is 5.72. The number of amides is 3. The second kappa shape index (κ2) is 6.29. The molecule has 0 N–H and O–H groups in total. The van der Waals surface area contributed by atoms with Crippen molar-refractivity contribution in [3.05, 3.63) is 34.3 Å². The Labute approximate surface area is 139 Å². The van der Waals surface area contributed by atoms with Crippen LogP contribution in [0.4, 0.5) is 0 Å². The molecule has 23 heavy (non-hydrogen) atoms. The fourth-order valence-electron chi connectivity index (χ4n) is 2.96. The first-order chi connectivity index (χ1) is 11.0. The highest BCUT2D eigenvalue weighted by Gasteiger charge is 2.37. The Balaban J connectivity index is 1.68. The van der Waals surface area contributed by atoms with Crippen LogP contribution in [0.25, 0.3) is 0 Å². The van der Waals surface area contributed by atoms with Gasteiger partial charge < -0.3 is 9.80 Å². The number of carbonyl (C=O) groups excluding carboxylic acids is 3. The number of halogens is 1. The highest BCUT2D eigenvalue weighted by atomic mass is 35.5. The number of likely N-dealkylation sites (N-methyl/N-ethyl adjacent to an activating group) is 1. The molecule has 122 valence electrons. The second-order valence-electron chi connectivity index (χ2n) is 5.70. The number of benzene rings is 1. The monoisotopic (exact) mass is 335 g/mol. The molecule has 1 aromatic rings. The largest absolute Gasteiger partial charge is 0.339 e. The first kappa shape index (κ1) is 16.0. The second-order valence-corrected chi connectivity index (χ2v) is 6.14. The van der Waals surface area contributed by atoms with Gasteiger partial charge in [0.2, 0.25) is 5.91 Å². The normalized spacial score (nSPS) is 18.5. The molecule has 1 fully saturated rings. The van der Waals surface area contributed by atoms with Crippen LogP contribution in [0.3, 0.4) is 0 Å². The standard InChI is InChI=1S/C16H18ClN3O3/c1-2-18-5-7-19(8-6-18)14(21)10-20-15(22)12-4-3-11(17)9-13(12)16(20)23/h3-4,9H,2,5-8,10H2,1H3. The van der Waals surface area contributed by atoms with Crippen molar-refractivity contribution in [2.24, 2.45) is 0 Å². The van der Waals surface area contributed by atoms with Gasteiger partial charge in [0.05, 0.1) is 11.1 Å². The Morgan fingerprint density at radius 1 is 1.09 bits per heavy atom. The summed E-state index contributed by atoms with van der Waals surface area (Å²) in [6, 6.07) is 4.57. The first-order valence-electron chi connectivity index (χ1n) is 7.67. The van der Waals surface area contributed by atoms with E-state index in [9.17, 15) is 14.4 Å². The number of rotatable bonds is 3. The SMILES string of the molecule is CCN1CCN(C(=O)CN2C(=O)c3ccc(Cl)cc3C2=O)CC1. The molecule has 2 heterocycles. The molecule has 0 saturated carbocycles. The van der Waals surface area contributed by atoms with Gasteiger partial charge in [0.1, 0.15) is 6.54 Å². The van der Waals surface area contributed by atoms with E-state index >= 15 is 0 Å². The third kappa shape index (κ3) is 2.96. The number of piperazine rings is 1. The van der Waals surface area contributed by atoms with Crippen LogP contribution in [0, 0.1) is 0 Å². The molecule has 3 amide bonds. The highest BCUT2D eigenvalue weighted by Crippen LogP contribution is 2.25. The molecule has 2 aliphatic rings. The Bertz CT molecular complexity index is 669. The van der Waals surface area contributed by atoms with Crippen LogP contribution in [-0.2, 0) is 4.79 Å². The van der Waals surface area contributed by atoms with Crippen LogP contribution in [0.1, 0.15) is 27.6 Å². The maximum absolute atomic E-state index is 12.4. The maximum Gasteiger partial charge on any atom is 0.262 e. The van der Waals surface area contributed by atoms with E-state index in [0.29, 0.717) is 23.7 Å². The molecule has 0 spiro atoms. The van der Waals surface area contributed by atoms with E-state index in [0.717, 1.165) is 24.5 Å². The van der Waals surface area contributed by atoms with Crippen molar-refractivity contribution >= 4 is 29.3 Å². The van der Waals surface area contributed by atoms with E-state index in [1.807, 2.05) is 0 Å². The lowest BCUT2D eigenvalue weighted by molar-refractivity contribution is -0.133. The Morgan fingerprint density at radius 3 is 2.39 bits per heavy atom.